The van der Waals surface area contributed by atoms with Crippen molar-refractivity contribution in [3.8, 4) is 0 Å². The minimum absolute atomic E-state index is 0.0176. The predicted molar refractivity (Wildman–Crippen MR) is 103 cm³/mol. The van der Waals surface area contributed by atoms with Gasteiger partial charge in [0.05, 0.1) is 26.4 Å². The fourth-order valence-corrected chi connectivity index (χ4v) is 2.84. The first-order valence-corrected chi connectivity index (χ1v) is 9.15. The largest absolute Gasteiger partial charge is 0.383 e. The molecule has 26 heavy (non-hydrogen) atoms. The summed E-state index contributed by atoms with van der Waals surface area (Å²) < 4.78 is 15.6. The third-order valence-corrected chi connectivity index (χ3v) is 4.41. The van der Waals surface area contributed by atoms with Crippen molar-refractivity contribution in [2.45, 2.75) is 6.42 Å². The van der Waals surface area contributed by atoms with Crippen molar-refractivity contribution in [2.75, 3.05) is 83.6 Å². The number of ether oxygens (including phenoxy) is 3. The minimum Gasteiger partial charge on any atom is -0.383 e. The van der Waals surface area contributed by atoms with E-state index in [2.05, 4.69) is 15.1 Å². The highest BCUT2D eigenvalue weighted by Gasteiger charge is 2.12. The molecule has 0 atom stereocenters. The number of hydrogen-bond donors (Lipinski definition) is 1. The van der Waals surface area contributed by atoms with E-state index in [0.29, 0.717) is 26.2 Å². The fraction of sp³-hybridized carbons (Fsp3) is 0.632. The van der Waals surface area contributed by atoms with E-state index in [4.69, 9.17) is 14.2 Å². The first-order valence-electron chi connectivity index (χ1n) is 9.15. The molecule has 0 aliphatic carbocycles. The first-order chi connectivity index (χ1) is 12.7. The van der Waals surface area contributed by atoms with Gasteiger partial charge < -0.3 is 24.4 Å². The second-order valence-corrected chi connectivity index (χ2v) is 6.27. The zero-order valence-electron chi connectivity index (χ0n) is 15.9. The number of nitrogens with zero attached hydrogens (tertiary/aromatic N) is 2. The third kappa shape index (κ3) is 7.29. The second-order valence-electron chi connectivity index (χ2n) is 6.27. The Morgan fingerprint density at radius 1 is 1.08 bits per heavy atom. The van der Waals surface area contributed by atoms with Crippen LogP contribution in [-0.4, -0.2) is 84.2 Å². The number of morpholine rings is 1. The molecule has 0 bridgehead atoms. The van der Waals surface area contributed by atoms with E-state index in [0.717, 1.165) is 50.8 Å². The van der Waals surface area contributed by atoms with Crippen molar-refractivity contribution in [2.24, 2.45) is 0 Å². The Morgan fingerprint density at radius 3 is 2.27 bits per heavy atom. The summed E-state index contributed by atoms with van der Waals surface area (Å²) in [5, 5.41) is 2.97. The van der Waals surface area contributed by atoms with Crippen molar-refractivity contribution in [1.82, 2.24) is 4.90 Å². The van der Waals surface area contributed by atoms with Gasteiger partial charge in [0, 0.05) is 64.7 Å². The summed E-state index contributed by atoms with van der Waals surface area (Å²) in [6.07, 6.45) is 0.443. The molecule has 1 heterocycles. The molecule has 1 aromatic carbocycles. The van der Waals surface area contributed by atoms with Crippen LogP contribution in [0.15, 0.2) is 24.3 Å². The fourth-order valence-electron chi connectivity index (χ4n) is 2.84. The van der Waals surface area contributed by atoms with E-state index in [1.807, 2.05) is 24.3 Å². The summed E-state index contributed by atoms with van der Waals surface area (Å²) >= 11 is 0. The molecule has 1 amide bonds. The summed E-state index contributed by atoms with van der Waals surface area (Å²) in [6.45, 7) is 6.91. The highest BCUT2D eigenvalue weighted by atomic mass is 16.5. The number of carbonyl (C=O) groups excluding carboxylic acids is 1. The zero-order valence-corrected chi connectivity index (χ0v) is 15.9. The number of nitrogens with one attached hydrogen (secondary N) is 1. The summed E-state index contributed by atoms with van der Waals surface area (Å²) in [7, 11) is 3.36. The quantitative estimate of drug-likeness (QED) is 0.640. The van der Waals surface area contributed by atoms with Gasteiger partial charge in [0.15, 0.2) is 0 Å². The van der Waals surface area contributed by atoms with Gasteiger partial charge in [-0.2, -0.15) is 0 Å². The lowest BCUT2D eigenvalue weighted by atomic mass is 10.2. The van der Waals surface area contributed by atoms with Crippen LogP contribution in [0.5, 0.6) is 0 Å². The SMILES string of the molecule is COCCN(CCOC)CCC(=O)Nc1ccc(N2CCOCC2)cc1. The summed E-state index contributed by atoms with van der Waals surface area (Å²) in [6, 6.07) is 8.00. The van der Waals surface area contributed by atoms with Gasteiger partial charge >= 0.3 is 0 Å². The lowest BCUT2D eigenvalue weighted by Crippen LogP contribution is -2.36. The average Bonchev–Trinajstić information content (AvgIpc) is 2.68. The Balaban J connectivity index is 1.76. The Bertz CT molecular complexity index is 510. The van der Waals surface area contributed by atoms with Crippen LogP contribution in [0.4, 0.5) is 11.4 Å². The van der Waals surface area contributed by atoms with Crippen molar-refractivity contribution in [3.63, 3.8) is 0 Å². The topological polar surface area (TPSA) is 63.3 Å². The van der Waals surface area contributed by atoms with Gasteiger partial charge in [-0.3, -0.25) is 9.69 Å². The number of anilines is 2. The molecule has 146 valence electrons. The van der Waals surface area contributed by atoms with Crippen LogP contribution < -0.4 is 10.2 Å². The molecule has 1 N–H and O–H groups in total. The van der Waals surface area contributed by atoms with Gasteiger partial charge in [-0.25, -0.2) is 0 Å². The third-order valence-electron chi connectivity index (χ3n) is 4.41. The molecule has 1 fully saturated rings. The van der Waals surface area contributed by atoms with Crippen molar-refractivity contribution in [3.05, 3.63) is 24.3 Å². The zero-order chi connectivity index (χ0) is 18.6. The van der Waals surface area contributed by atoms with Crippen LogP contribution in [0.3, 0.4) is 0 Å². The standard InChI is InChI=1S/C19H31N3O4/c1-24-13-9-21(10-14-25-2)8-7-19(23)20-17-3-5-18(6-4-17)22-11-15-26-16-12-22/h3-6H,7-16H2,1-2H3,(H,20,23). The Labute approximate surface area is 156 Å². The van der Waals surface area contributed by atoms with E-state index in [1.54, 1.807) is 14.2 Å². The molecule has 0 saturated carbocycles. The lowest BCUT2D eigenvalue weighted by molar-refractivity contribution is -0.116. The first kappa shape index (κ1) is 20.6. The predicted octanol–water partition coefficient (Wildman–Crippen LogP) is 1.45. The molecule has 7 nitrogen and oxygen atoms in total. The van der Waals surface area contributed by atoms with Gasteiger partial charge in [0.25, 0.3) is 0 Å². The van der Waals surface area contributed by atoms with Crippen LogP contribution in [0.25, 0.3) is 0 Å². The molecule has 2 rings (SSSR count). The normalized spacial score (nSPS) is 14.7. The molecule has 0 aromatic heterocycles. The average molecular weight is 365 g/mol. The van der Waals surface area contributed by atoms with E-state index in [1.165, 1.54) is 0 Å². The number of methoxy groups -OCH3 is 2. The summed E-state index contributed by atoms with van der Waals surface area (Å²) in [5.41, 5.74) is 1.99. The van der Waals surface area contributed by atoms with Gasteiger partial charge in [0.1, 0.15) is 0 Å². The van der Waals surface area contributed by atoms with Crippen molar-refractivity contribution >= 4 is 17.3 Å². The molecular weight excluding hydrogens is 334 g/mol. The van der Waals surface area contributed by atoms with Crippen LogP contribution in [0.1, 0.15) is 6.42 Å². The minimum atomic E-state index is 0.0176. The molecule has 0 spiro atoms. The maximum Gasteiger partial charge on any atom is 0.225 e. The van der Waals surface area contributed by atoms with Gasteiger partial charge in [0.2, 0.25) is 5.91 Å². The molecule has 1 aliphatic rings. The van der Waals surface area contributed by atoms with Gasteiger partial charge in [-0.05, 0) is 24.3 Å². The van der Waals surface area contributed by atoms with Crippen molar-refractivity contribution < 1.29 is 19.0 Å². The number of carbonyl (C=O) groups is 1. The molecule has 7 heteroatoms. The number of hydrogen-bond acceptors (Lipinski definition) is 6. The molecule has 1 aliphatic heterocycles. The van der Waals surface area contributed by atoms with Crippen LogP contribution in [0, 0.1) is 0 Å². The van der Waals surface area contributed by atoms with Crippen LogP contribution in [-0.2, 0) is 19.0 Å². The Morgan fingerprint density at radius 2 is 1.69 bits per heavy atom. The smallest absolute Gasteiger partial charge is 0.225 e. The maximum absolute atomic E-state index is 12.2. The van der Waals surface area contributed by atoms with Gasteiger partial charge in [-0.1, -0.05) is 0 Å². The molecule has 1 aromatic rings. The Kier molecular flexibility index (Phi) is 9.41. The number of rotatable bonds is 11. The molecule has 1 saturated heterocycles. The summed E-state index contributed by atoms with van der Waals surface area (Å²) in [5.74, 6) is 0.0176. The monoisotopic (exact) mass is 365 g/mol. The van der Waals surface area contributed by atoms with E-state index < -0.39 is 0 Å². The molecule has 0 radical (unpaired) electrons. The van der Waals surface area contributed by atoms with Crippen molar-refractivity contribution in [1.29, 1.82) is 0 Å². The Hall–Kier alpha value is -1.67. The highest BCUT2D eigenvalue weighted by Crippen LogP contribution is 2.19. The highest BCUT2D eigenvalue weighted by molar-refractivity contribution is 5.91. The van der Waals surface area contributed by atoms with Crippen LogP contribution >= 0.6 is 0 Å². The van der Waals surface area contributed by atoms with E-state index >= 15 is 0 Å². The van der Waals surface area contributed by atoms with E-state index in [-0.39, 0.29) is 5.91 Å². The van der Waals surface area contributed by atoms with Crippen LogP contribution in [0.2, 0.25) is 0 Å². The lowest BCUT2D eigenvalue weighted by Gasteiger charge is -2.28. The number of amides is 1. The number of benzene rings is 1. The summed E-state index contributed by atoms with van der Waals surface area (Å²) in [4.78, 5) is 16.7. The molecule has 0 unspecified atom stereocenters. The maximum atomic E-state index is 12.2. The van der Waals surface area contributed by atoms with E-state index in [9.17, 15) is 4.79 Å². The second kappa shape index (κ2) is 11.9. The molecular formula is C19H31N3O4. The van der Waals surface area contributed by atoms with Gasteiger partial charge in [-0.15, -0.1) is 0 Å².